The zero-order valence-corrected chi connectivity index (χ0v) is 22.6. The van der Waals surface area contributed by atoms with E-state index in [1.54, 1.807) is 35.2 Å². The number of rotatable bonds is 5. The number of fused-ring (bicyclic) bond motifs is 4. The number of ketones is 3. The fourth-order valence-electron chi connectivity index (χ4n) is 7.20. The van der Waals surface area contributed by atoms with Crippen LogP contribution in [0.1, 0.15) is 74.5 Å². The van der Waals surface area contributed by atoms with Gasteiger partial charge in [0.15, 0.2) is 29.4 Å². The number of aryl methyl sites for hydroxylation is 2. The van der Waals surface area contributed by atoms with Gasteiger partial charge in [-0.25, -0.2) is 0 Å². The maximum atomic E-state index is 14.3. The van der Waals surface area contributed by atoms with Crippen LogP contribution in [0.5, 0.6) is 5.75 Å². The van der Waals surface area contributed by atoms with E-state index in [2.05, 4.69) is 5.16 Å². The van der Waals surface area contributed by atoms with Crippen LogP contribution in [0.15, 0.2) is 10.6 Å². The Hall–Kier alpha value is -2.88. The number of hydrogen-bond donors (Lipinski definition) is 0. The average molecular weight is 511 g/mol. The molecule has 5 rings (SSSR count). The summed E-state index contributed by atoms with van der Waals surface area (Å²) >= 11 is 0. The van der Waals surface area contributed by atoms with E-state index in [1.165, 1.54) is 0 Å². The molecule has 0 saturated heterocycles. The molecular weight excluding hydrogens is 476 g/mol. The molecular formula is C28H34N2O7. The van der Waals surface area contributed by atoms with Crippen LogP contribution in [0.2, 0.25) is 0 Å². The van der Waals surface area contributed by atoms with Crippen molar-refractivity contribution >= 4 is 17.3 Å². The third-order valence-electron chi connectivity index (χ3n) is 8.84. The van der Waals surface area contributed by atoms with E-state index < -0.39 is 17.6 Å². The molecule has 9 nitrogen and oxygen atoms in total. The number of carbonyl (C=O) groups is 3. The largest absolute Gasteiger partial charge is 0.496 e. The first-order valence-electron chi connectivity index (χ1n) is 12.5. The molecule has 5 atom stereocenters. The van der Waals surface area contributed by atoms with Gasteiger partial charge in [0.2, 0.25) is 0 Å². The topological polar surface area (TPSA) is 108 Å². The summed E-state index contributed by atoms with van der Waals surface area (Å²) in [6.07, 6.45) is 0.319. The Kier molecular flexibility index (Phi) is 6.16. The van der Waals surface area contributed by atoms with Crippen molar-refractivity contribution in [2.24, 2.45) is 23.2 Å². The summed E-state index contributed by atoms with van der Waals surface area (Å²) < 4.78 is 22.5. The summed E-state index contributed by atoms with van der Waals surface area (Å²) in [4.78, 5) is 44.3. The number of benzene rings is 1. The van der Waals surface area contributed by atoms with Crippen LogP contribution < -0.4 is 4.74 Å². The Balaban J connectivity index is 1.67. The predicted molar refractivity (Wildman–Crippen MR) is 133 cm³/mol. The fraction of sp³-hybridized carbons (Fsp3) is 0.571. The van der Waals surface area contributed by atoms with Crippen molar-refractivity contribution in [3.05, 3.63) is 45.3 Å². The number of methoxy groups -OCH3 is 3. The highest BCUT2D eigenvalue weighted by molar-refractivity contribution is 6.24. The first-order valence-corrected chi connectivity index (χ1v) is 12.5. The van der Waals surface area contributed by atoms with E-state index in [0.717, 1.165) is 11.1 Å². The van der Waals surface area contributed by atoms with Crippen molar-refractivity contribution in [1.82, 2.24) is 10.1 Å². The van der Waals surface area contributed by atoms with Crippen molar-refractivity contribution in [3.63, 3.8) is 0 Å². The summed E-state index contributed by atoms with van der Waals surface area (Å²) in [7, 11) is 8.48. The number of carbonyl (C=O) groups excluding carboxylic acids is 3. The third kappa shape index (κ3) is 3.33. The molecule has 0 N–H and O–H groups in total. The Morgan fingerprint density at radius 2 is 1.78 bits per heavy atom. The summed E-state index contributed by atoms with van der Waals surface area (Å²) in [5, 5.41) is 4.07. The van der Waals surface area contributed by atoms with Crippen LogP contribution in [0.4, 0.5) is 0 Å². The lowest BCUT2D eigenvalue weighted by atomic mass is 9.49. The maximum Gasteiger partial charge on any atom is 0.186 e. The second kappa shape index (κ2) is 8.85. The zero-order valence-electron chi connectivity index (χ0n) is 22.6. The Labute approximate surface area is 216 Å². The summed E-state index contributed by atoms with van der Waals surface area (Å²) in [5.41, 5.74) is 2.19. The van der Waals surface area contributed by atoms with Crippen molar-refractivity contribution in [3.8, 4) is 5.75 Å². The van der Waals surface area contributed by atoms with Gasteiger partial charge in [-0.05, 0) is 65.3 Å². The van der Waals surface area contributed by atoms with Crippen molar-refractivity contribution in [1.29, 1.82) is 0 Å². The minimum absolute atomic E-state index is 0.244. The molecule has 1 saturated carbocycles. The molecule has 1 heterocycles. The lowest BCUT2D eigenvalue weighted by Gasteiger charge is -2.52. The van der Waals surface area contributed by atoms with E-state index in [9.17, 15) is 14.4 Å². The van der Waals surface area contributed by atoms with Crippen molar-refractivity contribution in [2.45, 2.75) is 45.9 Å². The average Bonchev–Trinajstić information content (AvgIpc) is 3.22. The molecule has 37 heavy (non-hydrogen) atoms. The highest BCUT2D eigenvalue weighted by atomic mass is 16.7. The minimum Gasteiger partial charge on any atom is -0.496 e. The molecule has 0 radical (unpaired) electrons. The molecule has 0 amide bonds. The summed E-state index contributed by atoms with van der Waals surface area (Å²) in [6.45, 7) is 5.28. The van der Waals surface area contributed by atoms with Gasteiger partial charge in [0.05, 0.1) is 41.3 Å². The second-order valence-corrected chi connectivity index (χ2v) is 10.9. The van der Waals surface area contributed by atoms with E-state index in [0.29, 0.717) is 46.7 Å². The van der Waals surface area contributed by atoms with Crippen LogP contribution in [-0.2, 0) is 20.7 Å². The number of Topliss-reactive ketones (excluding diaryl/α,β-unsaturated/α-hetero) is 3. The molecule has 3 aliphatic carbocycles. The van der Waals surface area contributed by atoms with E-state index in [4.69, 9.17) is 18.7 Å². The van der Waals surface area contributed by atoms with Crippen molar-refractivity contribution in [2.75, 3.05) is 35.4 Å². The number of nitrogens with zero attached hydrogens (tertiary/aromatic N) is 2. The molecule has 0 bridgehead atoms. The number of ether oxygens (including phenoxy) is 3. The Bertz CT molecular complexity index is 1310. The maximum absolute atomic E-state index is 14.3. The molecule has 3 aliphatic rings. The van der Waals surface area contributed by atoms with Crippen LogP contribution in [0, 0.1) is 37.0 Å². The lowest BCUT2D eigenvalue weighted by Crippen LogP contribution is -2.60. The van der Waals surface area contributed by atoms with Gasteiger partial charge in [-0.3, -0.25) is 19.3 Å². The van der Waals surface area contributed by atoms with Gasteiger partial charge in [0.1, 0.15) is 5.75 Å². The van der Waals surface area contributed by atoms with Gasteiger partial charge in [0, 0.05) is 31.3 Å². The van der Waals surface area contributed by atoms with Gasteiger partial charge in [-0.2, -0.15) is 0 Å². The molecule has 198 valence electrons. The monoisotopic (exact) mass is 510 g/mol. The van der Waals surface area contributed by atoms with Crippen LogP contribution in [-0.4, -0.2) is 62.8 Å². The molecule has 1 aromatic carbocycles. The quantitative estimate of drug-likeness (QED) is 0.440. The third-order valence-corrected chi connectivity index (χ3v) is 8.84. The van der Waals surface area contributed by atoms with Crippen LogP contribution in [0.25, 0.3) is 0 Å². The zero-order chi connectivity index (χ0) is 27.0. The second-order valence-electron chi connectivity index (χ2n) is 10.9. The summed E-state index contributed by atoms with van der Waals surface area (Å²) in [5.74, 6) is -1.33. The first-order chi connectivity index (χ1) is 17.5. The van der Waals surface area contributed by atoms with Gasteiger partial charge < -0.3 is 18.7 Å². The lowest BCUT2D eigenvalue weighted by molar-refractivity contribution is -0.140. The highest BCUT2D eigenvalue weighted by Gasteiger charge is 2.65. The molecule has 9 heteroatoms. The SMILES string of the molecule is COc1c(C(OC)OC)cc(C)c2c1CC1CC3C(N(C)C)c4onc(C)c4C(=O)C3(C)C(=O)C1C2=O. The standard InChI is InChI=1S/C28H34N2O7/c1-12-9-16(27(35-7)36-8)23(34-6)15-10-14-11-17-21(30(4)5)24-19(13(2)29-37-24)25(32)28(17,3)26(33)20(14)22(31)18(12)15/h9,14,17,20-21,27H,10-11H2,1-8H3. The van der Waals surface area contributed by atoms with E-state index >= 15 is 0 Å². The minimum atomic E-state index is -1.35. The Morgan fingerprint density at radius 1 is 1.11 bits per heavy atom. The number of aromatic nitrogens is 1. The van der Waals surface area contributed by atoms with Crippen LogP contribution in [0.3, 0.4) is 0 Å². The molecule has 0 spiro atoms. The van der Waals surface area contributed by atoms with Gasteiger partial charge in [-0.15, -0.1) is 0 Å². The number of hydrogen-bond acceptors (Lipinski definition) is 9. The molecule has 1 aromatic heterocycles. The normalized spacial score (nSPS) is 28.8. The highest BCUT2D eigenvalue weighted by Crippen LogP contribution is 2.58. The smallest absolute Gasteiger partial charge is 0.186 e. The molecule has 1 fully saturated rings. The summed E-state index contributed by atoms with van der Waals surface area (Å²) in [6, 6.07) is 1.51. The van der Waals surface area contributed by atoms with Gasteiger partial charge in [-0.1, -0.05) is 5.16 Å². The molecule has 5 unspecified atom stereocenters. The van der Waals surface area contributed by atoms with Crippen LogP contribution >= 0.6 is 0 Å². The molecule has 2 aromatic rings. The van der Waals surface area contributed by atoms with Gasteiger partial charge in [0.25, 0.3) is 0 Å². The van der Waals surface area contributed by atoms with Crippen molar-refractivity contribution < 1.29 is 33.1 Å². The predicted octanol–water partition coefficient (Wildman–Crippen LogP) is 3.66. The first kappa shape index (κ1) is 25.8. The molecule has 0 aliphatic heterocycles. The van der Waals surface area contributed by atoms with Gasteiger partial charge >= 0.3 is 0 Å². The Morgan fingerprint density at radius 3 is 2.38 bits per heavy atom. The van der Waals surface area contributed by atoms with E-state index in [1.807, 2.05) is 32.0 Å². The van der Waals surface area contributed by atoms with E-state index in [-0.39, 0.29) is 35.2 Å². The fourth-order valence-corrected chi connectivity index (χ4v) is 7.20.